The molecule has 0 bridgehead atoms. The first kappa shape index (κ1) is 26.1. The second-order valence-corrected chi connectivity index (χ2v) is 9.77. The second kappa shape index (κ2) is 11.1. The van der Waals surface area contributed by atoms with E-state index in [4.69, 9.17) is 4.74 Å². The normalized spacial score (nSPS) is 14.8. The Morgan fingerprint density at radius 2 is 2.00 bits per heavy atom. The average molecular weight is 533 g/mol. The number of ether oxygens (including phenoxy) is 1. The summed E-state index contributed by atoms with van der Waals surface area (Å²) in [6.07, 6.45) is 4.57. The number of nitrogens with one attached hydrogen (secondary N) is 1. The summed E-state index contributed by atoms with van der Waals surface area (Å²) < 4.78 is 21.0. The molecule has 0 saturated carbocycles. The maximum absolute atomic E-state index is 13.5. The number of piperidine rings is 1. The zero-order valence-electron chi connectivity index (χ0n) is 21.7. The topological polar surface area (TPSA) is 122 Å². The number of benzene rings is 1. The highest BCUT2D eigenvalue weighted by Crippen LogP contribution is 2.23. The van der Waals surface area contributed by atoms with E-state index < -0.39 is 5.97 Å². The Balaban J connectivity index is 1.19. The Labute approximate surface area is 224 Å². The van der Waals surface area contributed by atoms with Gasteiger partial charge in [-0.3, -0.25) is 4.79 Å². The molecule has 3 aromatic heterocycles. The molecule has 1 aliphatic heterocycles. The lowest BCUT2D eigenvalue weighted by atomic mass is 10.0. The summed E-state index contributed by atoms with van der Waals surface area (Å²) >= 11 is 0. The molecule has 202 valence electrons. The lowest BCUT2D eigenvalue weighted by Gasteiger charge is -2.33. The first-order valence-corrected chi connectivity index (χ1v) is 12.8. The van der Waals surface area contributed by atoms with Gasteiger partial charge >= 0.3 is 5.97 Å². The lowest BCUT2D eigenvalue weighted by molar-refractivity contribution is 0.0690. The van der Waals surface area contributed by atoms with Gasteiger partial charge in [0.25, 0.3) is 5.91 Å². The van der Waals surface area contributed by atoms with E-state index in [0.717, 1.165) is 16.8 Å². The molecule has 4 aromatic rings. The van der Waals surface area contributed by atoms with Crippen LogP contribution in [0, 0.1) is 12.7 Å². The molecule has 0 aliphatic carbocycles. The number of hydrogen-bond donors (Lipinski definition) is 2. The smallest absolute Gasteiger partial charge is 0.354 e. The van der Waals surface area contributed by atoms with Crippen molar-refractivity contribution in [1.29, 1.82) is 0 Å². The second-order valence-electron chi connectivity index (χ2n) is 9.77. The maximum atomic E-state index is 13.5. The highest BCUT2D eigenvalue weighted by molar-refractivity contribution is 5.91. The lowest BCUT2D eigenvalue weighted by Crippen LogP contribution is -2.45. The number of hydrogen-bond acceptors (Lipinski definition) is 7. The molecule has 11 heteroatoms. The van der Waals surface area contributed by atoms with Gasteiger partial charge in [-0.2, -0.15) is 0 Å². The summed E-state index contributed by atoms with van der Waals surface area (Å²) in [4.78, 5) is 34.5. The van der Waals surface area contributed by atoms with Gasteiger partial charge in [-0.15, -0.1) is 5.10 Å². The van der Waals surface area contributed by atoms with Crippen LogP contribution >= 0.6 is 0 Å². The van der Waals surface area contributed by atoms with E-state index in [1.54, 1.807) is 28.9 Å². The van der Waals surface area contributed by atoms with Crippen LogP contribution < -0.4 is 15.0 Å². The number of carboxylic acid groups (broad SMARTS) is 1. The molecular weight excluding hydrogens is 503 g/mol. The molecule has 0 unspecified atom stereocenters. The van der Waals surface area contributed by atoms with Crippen molar-refractivity contribution in [2.24, 2.45) is 0 Å². The molecule has 10 nitrogen and oxygen atoms in total. The largest absolute Gasteiger partial charge is 0.491 e. The van der Waals surface area contributed by atoms with Crippen molar-refractivity contribution < 1.29 is 23.8 Å². The number of carbonyl (C=O) groups excluding carboxylic acids is 1. The van der Waals surface area contributed by atoms with Gasteiger partial charge < -0.3 is 20.1 Å². The molecular formula is C28H29FN6O4. The van der Waals surface area contributed by atoms with Gasteiger partial charge in [0.15, 0.2) is 5.65 Å². The number of halogens is 1. The molecule has 4 heterocycles. The number of carbonyl (C=O) groups is 2. The number of pyridine rings is 2. The molecule has 0 spiro atoms. The van der Waals surface area contributed by atoms with Crippen molar-refractivity contribution in [2.75, 3.05) is 24.6 Å². The Morgan fingerprint density at radius 1 is 1.21 bits per heavy atom. The molecule has 1 saturated heterocycles. The molecule has 5 rings (SSSR count). The quantitative estimate of drug-likeness (QED) is 0.351. The molecule has 1 amide bonds. The number of anilines is 1. The fraction of sp³-hybridized carbons (Fsp3) is 0.321. The minimum Gasteiger partial charge on any atom is -0.491 e. The van der Waals surface area contributed by atoms with Crippen LogP contribution in [-0.2, 0) is 0 Å². The Bertz CT molecular complexity index is 1520. The third-order valence-corrected chi connectivity index (χ3v) is 6.87. The van der Waals surface area contributed by atoms with E-state index in [2.05, 4.69) is 25.3 Å². The SMILES string of the molecule is Cc1cc(OC[C@H](C)c2cccc(F)c2)cn2nc(C(=O)NC3CCN(c4ccnc(C(=O)O)c4)CC3)nc12. The van der Waals surface area contributed by atoms with Gasteiger partial charge in [0.1, 0.15) is 17.3 Å². The molecule has 1 fully saturated rings. The zero-order valence-corrected chi connectivity index (χ0v) is 21.7. The van der Waals surface area contributed by atoms with Gasteiger partial charge in [0.2, 0.25) is 5.82 Å². The number of nitrogens with zero attached hydrogens (tertiary/aromatic N) is 5. The predicted octanol–water partition coefficient (Wildman–Crippen LogP) is 3.85. The van der Waals surface area contributed by atoms with Gasteiger partial charge in [-0.1, -0.05) is 19.1 Å². The van der Waals surface area contributed by atoms with E-state index in [9.17, 15) is 19.1 Å². The van der Waals surface area contributed by atoms with Crippen molar-refractivity contribution >= 4 is 23.2 Å². The van der Waals surface area contributed by atoms with Gasteiger partial charge in [0, 0.05) is 36.9 Å². The number of amides is 1. The zero-order chi connectivity index (χ0) is 27.5. The average Bonchev–Trinajstić information content (AvgIpc) is 3.37. The van der Waals surface area contributed by atoms with Crippen LogP contribution in [0.15, 0.2) is 54.9 Å². The standard InChI is InChI=1S/C28H29FN6O4/c1-17-12-23(39-16-18(2)19-4-3-5-20(29)13-19)15-35-26(17)32-25(33-35)27(36)31-21-7-10-34(11-8-21)22-6-9-30-24(14-22)28(37)38/h3-6,9,12-15,18,21H,7-8,10-11,16H2,1-2H3,(H,31,36)(H,37,38)/t18-/m0/s1. The number of carboxylic acids is 1. The summed E-state index contributed by atoms with van der Waals surface area (Å²) in [7, 11) is 0. The van der Waals surface area contributed by atoms with Crippen LogP contribution in [0.2, 0.25) is 0 Å². The van der Waals surface area contributed by atoms with E-state index in [1.165, 1.54) is 18.3 Å². The summed E-state index contributed by atoms with van der Waals surface area (Å²) in [6.45, 7) is 5.53. The van der Waals surface area contributed by atoms with E-state index >= 15 is 0 Å². The Morgan fingerprint density at radius 3 is 2.74 bits per heavy atom. The molecule has 2 N–H and O–H groups in total. The molecule has 1 aliphatic rings. The number of aromatic nitrogens is 4. The van der Waals surface area contributed by atoms with E-state index in [1.807, 2.05) is 26.0 Å². The van der Waals surface area contributed by atoms with Gasteiger partial charge in [-0.25, -0.2) is 23.7 Å². The van der Waals surface area contributed by atoms with E-state index in [-0.39, 0.29) is 35.2 Å². The first-order valence-electron chi connectivity index (χ1n) is 12.8. The van der Waals surface area contributed by atoms with Crippen LogP contribution in [0.4, 0.5) is 10.1 Å². The van der Waals surface area contributed by atoms with Crippen LogP contribution in [-0.4, -0.2) is 62.3 Å². The predicted molar refractivity (Wildman–Crippen MR) is 142 cm³/mol. The summed E-state index contributed by atoms with van der Waals surface area (Å²) in [5, 5.41) is 16.6. The third-order valence-electron chi connectivity index (χ3n) is 6.87. The highest BCUT2D eigenvalue weighted by Gasteiger charge is 2.24. The Kier molecular flexibility index (Phi) is 7.40. The first-order chi connectivity index (χ1) is 18.8. The van der Waals surface area contributed by atoms with Crippen molar-refractivity contribution in [3.05, 3.63) is 83.3 Å². The monoisotopic (exact) mass is 532 g/mol. The van der Waals surface area contributed by atoms with Crippen molar-refractivity contribution in [3.63, 3.8) is 0 Å². The van der Waals surface area contributed by atoms with Crippen LogP contribution in [0.5, 0.6) is 5.75 Å². The fourth-order valence-electron chi connectivity index (χ4n) is 4.69. The van der Waals surface area contributed by atoms with Crippen molar-refractivity contribution in [2.45, 2.75) is 38.6 Å². The summed E-state index contributed by atoms with van der Waals surface area (Å²) in [5.74, 6) is -1.06. The van der Waals surface area contributed by atoms with Crippen molar-refractivity contribution in [1.82, 2.24) is 24.9 Å². The molecule has 1 aromatic carbocycles. The minimum absolute atomic E-state index is 0.00537. The number of fused-ring (bicyclic) bond motifs is 1. The molecule has 0 radical (unpaired) electrons. The van der Waals surface area contributed by atoms with Crippen LogP contribution in [0.3, 0.4) is 0 Å². The summed E-state index contributed by atoms with van der Waals surface area (Å²) in [6, 6.07) is 11.6. The number of aromatic carboxylic acids is 1. The van der Waals surface area contributed by atoms with Crippen LogP contribution in [0.25, 0.3) is 5.65 Å². The minimum atomic E-state index is -1.06. The van der Waals surface area contributed by atoms with Gasteiger partial charge in [0.05, 0.1) is 12.8 Å². The van der Waals surface area contributed by atoms with Crippen LogP contribution in [0.1, 0.15) is 57.9 Å². The molecule has 39 heavy (non-hydrogen) atoms. The molecule has 1 atom stereocenters. The maximum Gasteiger partial charge on any atom is 0.354 e. The number of rotatable bonds is 8. The highest BCUT2D eigenvalue weighted by atomic mass is 19.1. The Hall–Kier alpha value is -4.54. The van der Waals surface area contributed by atoms with Gasteiger partial charge in [-0.05, 0) is 61.2 Å². The number of aryl methyl sites for hydroxylation is 1. The van der Waals surface area contributed by atoms with E-state index in [0.29, 0.717) is 43.9 Å². The third kappa shape index (κ3) is 5.97. The fourth-order valence-corrected chi connectivity index (χ4v) is 4.69. The van der Waals surface area contributed by atoms with Crippen molar-refractivity contribution in [3.8, 4) is 5.75 Å². The summed E-state index contributed by atoms with van der Waals surface area (Å²) in [5.41, 5.74) is 3.03.